The van der Waals surface area contributed by atoms with Crippen molar-refractivity contribution in [3.05, 3.63) is 88.5 Å². The number of oxazole rings is 1. The highest BCUT2D eigenvalue weighted by atomic mass is 16.5. The molecule has 1 saturated heterocycles. The normalized spacial score (nSPS) is 16.0. The van der Waals surface area contributed by atoms with Crippen LogP contribution in [0.1, 0.15) is 36.0 Å². The molecule has 1 fully saturated rings. The lowest BCUT2D eigenvalue weighted by Gasteiger charge is -2.31. The van der Waals surface area contributed by atoms with E-state index >= 15 is 0 Å². The summed E-state index contributed by atoms with van der Waals surface area (Å²) in [6, 6.07) is 15.1. The van der Waals surface area contributed by atoms with Crippen LogP contribution in [0.2, 0.25) is 0 Å². The van der Waals surface area contributed by atoms with Gasteiger partial charge >= 0.3 is 0 Å². The van der Waals surface area contributed by atoms with Crippen molar-refractivity contribution in [3.8, 4) is 5.75 Å². The van der Waals surface area contributed by atoms with E-state index in [-0.39, 0.29) is 23.9 Å². The zero-order valence-electron chi connectivity index (χ0n) is 19.0. The molecule has 8 nitrogen and oxygen atoms in total. The molecule has 1 atom stereocenters. The van der Waals surface area contributed by atoms with Crippen LogP contribution in [0.25, 0.3) is 10.8 Å². The minimum atomic E-state index is -0.255. The van der Waals surface area contributed by atoms with Gasteiger partial charge in [-0.05, 0) is 36.6 Å². The summed E-state index contributed by atoms with van der Waals surface area (Å²) < 4.78 is 12.6. The van der Waals surface area contributed by atoms with E-state index in [1.165, 1.54) is 4.68 Å². The maximum atomic E-state index is 13.0. The standard InChI is InChI=1S/C26H26N4O4/c1-33-21-9-4-6-18(12-21)13-22-15-27-25(34-22)20-8-5-11-29(16-20)24(31)17-30-26(32)23-10-3-2-7-19(23)14-28-30/h2-4,6-7,9-10,12,14-15,20H,5,8,11,13,16-17H2,1H3. The molecule has 4 aromatic rings. The van der Waals surface area contributed by atoms with Crippen LogP contribution in [-0.4, -0.2) is 45.8 Å². The number of aromatic nitrogens is 3. The van der Waals surface area contributed by atoms with E-state index in [1.807, 2.05) is 42.5 Å². The van der Waals surface area contributed by atoms with E-state index in [0.29, 0.717) is 30.8 Å². The third-order valence-corrected chi connectivity index (χ3v) is 6.25. The minimum absolute atomic E-state index is 0.0260. The molecule has 1 aliphatic rings. The predicted octanol–water partition coefficient (Wildman–Crippen LogP) is 3.39. The van der Waals surface area contributed by atoms with Gasteiger partial charge in [0.15, 0.2) is 5.89 Å². The summed E-state index contributed by atoms with van der Waals surface area (Å²) in [6.07, 6.45) is 5.75. The smallest absolute Gasteiger partial charge is 0.275 e. The van der Waals surface area contributed by atoms with Gasteiger partial charge < -0.3 is 14.1 Å². The summed E-state index contributed by atoms with van der Waals surface area (Å²) in [6.45, 7) is 1.08. The van der Waals surface area contributed by atoms with E-state index in [1.54, 1.807) is 30.5 Å². The molecule has 34 heavy (non-hydrogen) atoms. The van der Waals surface area contributed by atoms with Gasteiger partial charge in [0.2, 0.25) is 5.91 Å². The Balaban J connectivity index is 1.26. The number of piperidine rings is 1. The summed E-state index contributed by atoms with van der Waals surface area (Å²) >= 11 is 0. The molecule has 0 aliphatic carbocycles. The number of ether oxygens (including phenoxy) is 1. The fourth-order valence-corrected chi connectivity index (χ4v) is 4.45. The largest absolute Gasteiger partial charge is 0.497 e. The number of hydrogen-bond donors (Lipinski definition) is 0. The maximum Gasteiger partial charge on any atom is 0.275 e. The van der Waals surface area contributed by atoms with E-state index in [9.17, 15) is 9.59 Å². The fourth-order valence-electron chi connectivity index (χ4n) is 4.45. The number of hydrogen-bond acceptors (Lipinski definition) is 6. The Morgan fingerprint density at radius 3 is 2.94 bits per heavy atom. The van der Waals surface area contributed by atoms with Gasteiger partial charge in [0, 0.05) is 24.9 Å². The number of benzene rings is 2. The van der Waals surface area contributed by atoms with Crippen LogP contribution in [0, 0.1) is 0 Å². The van der Waals surface area contributed by atoms with Crippen LogP contribution in [0.3, 0.4) is 0 Å². The van der Waals surface area contributed by atoms with Crippen molar-refractivity contribution in [3.63, 3.8) is 0 Å². The summed E-state index contributed by atoms with van der Waals surface area (Å²) in [7, 11) is 1.65. The van der Waals surface area contributed by atoms with Gasteiger partial charge in [-0.3, -0.25) is 9.59 Å². The Kier molecular flexibility index (Phi) is 6.12. The van der Waals surface area contributed by atoms with Gasteiger partial charge in [-0.1, -0.05) is 30.3 Å². The molecule has 0 spiro atoms. The van der Waals surface area contributed by atoms with Crippen molar-refractivity contribution >= 4 is 16.7 Å². The number of carbonyl (C=O) groups excluding carboxylic acids is 1. The van der Waals surface area contributed by atoms with Gasteiger partial charge in [0.1, 0.15) is 18.1 Å². The van der Waals surface area contributed by atoms with Gasteiger partial charge in [0.05, 0.1) is 30.8 Å². The number of fused-ring (bicyclic) bond motifs is 1. The predicted molar refractivity (Wildman–Crippen MR) is 127 cm³/mol. The van der Waals surface area contributed by atoms with Gasteiger partial charge in [-0.2, -0.15) is 5.10 Å². The van der Waals surface area contributed by atoms with Crippen molar-refractivity contribution in [2.45, 2.75) is 31.7 Å². The van der Waals surface area contributed by atoms with Gasteiger partial charge in [0.25, 0.3) is 5.56 Å². The highest BCUT2D eigenvalue weighted by molar-refractivity contribution is 5.81. The second-order valence-corrected chi connectivity index (χ2v) is 8.57. The van der Waals surface area contributed by atoms with Crippen molar-refractivity contribution in [2.75, 3.05) is 20.2 Å². The van der Waals surface area contributed by atoms with Crippen LogP contribution in [0.15, 0.2) is 70.1 Å². The third-order valence-electron chi connectivity index (χ3n) is 6.25. The third kappa shape index (κ3) is 4.57. The molecule has 0 radical (unpaired) electrons. The Hall–Kier alpha value is -3.94. The minimum Gasteiger partial charge on any atom is -0.497 e. The Morgan fingerprint density at radius 1 is 1.18 bits per heavy atom. The molecule has 3 heterocycles. The van der Waals surface area contributed by atoms with Crippen LogP contribution in [0.4, 0.5) is 0 Å². The average molecular weight is 459 g/mol. The first-order valence-electron chi connectivity index (χ1n) is 11.4. The van der Waals surface area contributed by atoms with Gasteiger partial charge in [-0.15, -0.1) is 0 Å². The number of nitrogens with zero attached hydrogens (tertiary/aromatic N) is 4. The fraction of sp³-hybridized carbons (Fsp3) is 0.308. The molecule has 0 saturated carbocycles. The summed E-state index contributed by atoms with van der Waals surface area (Å²) in [5, 5.41) is 5.52. The molecule has 1 aliphatic heterocycles. The monoisotopic (exact) mass is 458 g/mol. The molecular formula is C26H26N4O4. The van der Waals surface area contributed by atoms with Crippen molar-refractivity contribution < 1.29 is 13.9 Å². The summed E-state index contributed by atoms with van der Waals surface area (Å²) in [5.74, 6) is 2.13. The lowest BCUT2D eigenvalue weighted by molar-refractivity contribution is -0.133. The molecule has 174 valence electrons. The first kappa shape index (κ1) is 21.9. The highest BCUT2D eigenvalue weighted by Gasteiger charge is 2.28. The number of likely N-dealkylation sites (tertiary alicyclic amines) is 1. The molecule has 2 aromatic carbocycles. The van der Waals surface area contributed by atoms with Crippen LogP contribution < -0.4 is 10.3 Å². The first-order valence-corrected chi connectivity index (χ1v) is 11.4. The lowest BCUT2D eigenvalue weighted by Crippen LogP contribution is -2.42. The zero-order valence-corrected chi connectivity index (χ0v) is 19.0. The van der Waals surface area contributed by atoms with Crippen molar-refractivity contribution in [1.29, 1.82) is 0 Å². The van der Waals surface area contributed by atoms with E-state index in [4.69, 9.17) is 9.15 Å². The number of amides is 1. The number of carbonyl (C=O) groups is 1. The van der Waals surface area contributed by atoms with E-state index in [2.05, 4.69) is 10.1 Å². The summed E-state index contributed by atoms with van der Waals surface area (Å²) in [4.78, 5) is 32.0. The number of methoxy groups -OCH3 is 1. The lowest BCUT2D eigenvalue weighted by atomic mass is 9.98. The van der Waals surface area contributed by atoms with E-state index in [0.717, 1.165) is 35.3 Å². The maximum absolute atomic E-state index is 13.0. The molecule has 8 heteroatoms. The zero-order chi connectivity index (χ0) is 23.5. The van der Waals surface area contributed by atoms with Crippen LogP contribution in [0.5, 0.6) is 5.75 Å². The summed E-state index contributed by atoms with van der Waals surface area (Å²) in [5.41, 5.74) is 0.825. The molecule has 0 bridgehead atoms. The molecular weight excluding hydrogens is 432 g/mol. The van der Waals surface area contributed by atoms with Gasteiger partial charge in [-0.25, -0.2) is 9.67 Å². The van der Waals surface area contributed by atoms with Crippen molar-refractivity contribution in [1.82, 2.24) is 19.7 Å². The highest BCUT2D eigenvalue weighted by Crippen LogP contribution is 2.27. The Labute approximate surface area is 196 Å². The topological polar surface area (TPSA) is 90.5 Å². The molecule has 5 rings (SSSR count). The number of rotatable bonds is 6. The molecule has 1 unspecified atom stereocenters. The quantitative estimate of drug-likeness (QED) is 0.440. The second kappa shape index (κ2) is 9.51. The molecule has 1 amide bonds. The Bertz CT molecular complexity index is 1380. The SMILES string of the molecule is COc1cccc(Cc2cnc(C3CCCN(C(=O)Cn4ncc5ccccc5c4=O)C3)o2)c1. The molecule has 2 aromatic heterocycles. The van der Waals surface area contributed by atoms with Crippen LogP contribution in [-0.2, 0) is 17.8 Å². The first-order chi connectivity index (χ1) is 16.6. The molecule has 0 N–H and O–H groups in total. The average Bonchev–Trinajstić information content (AvgIpc) is 3.34. The van der Waals surface area contributed by atoms with Crippen molar-refractivity contribution in [2.24, 2.45) is 0 Å². The second-order valence-electron chi connectivity index (χ2n) is 8.57. The van der Waals surface area contributed by atoms with E-state index < -0.39 is 0 Å². The Morgan fingerprint density at radius 2 is 2.06 bits per heavy atom. The van der Waals surface area contributed by atoms with Crippen LogP contribution >= 0.6 is 0 Å².